The molecule has 0 spiro atoms. The van der Waals surface area contributed by atoms with Crippen LogP contribution in [0.5, 0.6) is 0 Å². The lowest BCUT2D eigenvalue weighted by atomic mass is 10.2. The molecule has 1 heterocycles. The van der Waals surface area contributed by atoms with Crippen LogP contribution in [0.15, 0.2) is 63.5 Å². The van der Waals surface area contributed by atoms with Gasteiger partial charge < -0.3 is 4.90 Å². The van der Waals surface area contributed by atoms with Crippen LogP contribution in [0.4, 0.5) is 5.69 Å². The smallest absolute Gasteiger partial charge is 0.287 e. The zero-order valence-corrected chi connectivity index (χ0v) is 16.7. The van der Waals surface area contributed by atoms with Crippen LogP contribution >= 0.6 is 11.8 Å². The number of rotatable bonds is 4. The van der Waals surface area contributed by atoms with E-state index >= 15 is 0 Å². The summed E-state index contributed by atoms with van der Waals surface area (Å²) in [6, 6.07) is 16.0. The van der Waals surface area contributed by atoms with Gasteiger partial charge in [0.1, 0.15) is 0 Å². The second kappa shape index (κ2) is 8.22. The predicted octanol–water partition coefficient (Wildman–Crippen LogP) is 4.00. The molecule has 3 rings (SSSR count). The average Bonchev–Trinajstić information content (AvgIpc) is 2.97. The van der Waals surface area contributed by atoms with Gasteiger partial charge in [-0.25, -0.2) is 0 Å². The van der Waals surface area contributed by atoms with Gasteiger partial charge in [0.15, 0.2) is 5.17 Å². The van der Waals surface area contributed by atoms with E-state index in [0.717, 1.165) is 16.8 Å². The van der Waals surface area contributed by atoms with Gasteiger partial charge in [-0.2, -0.15) is 10.1 Å². The summed E-state index contributed by atoms with van der Waals surface area (Å²) >= 11 is 1.33. The van der Waals surface area contributed by atoms with E-state index in [9.17, 15) is 4.79 Å². The third-order valence-corrected chi connectivity index (χ3v) is 5.13. The molecule has 1 amide bonds. The number of benzene rings is 2. The Bertz CT molecular complexity index is 912. The van der Waals surface area contributed by atoms with Crippen LogP contribution in [0.25, 0.3) is 6.08 Å². The Kier molecular flexibility index (Phi) is 5.76. The minimum absolute atomic E-state index is 0.166. The standard InChI is InChI=1S/C21H22N4OS/c1-15-5-7-17(8-6-15)14-23-25-20(26)19(27-21(25)22-2)13-16-9-11-18(12-10-16)24(3)4/h5-14H,1-4H3/b19-13+,22-21?,23-14-. The number of carbonyl (C=O) groups excluding carboxylic acids is 1. The Morgan fingerprint density at radius 3 is 2.22 bits per heavy atom. The minimum atomic E-state index is -0.166. The Morgan fingerprint density at radius 1 is 1.00 bits per heavy atom. The van der Waals surface area contributed by atoms with Gasteiger partial charge in [-0.1, -0.05) is 42.0 Å². The minimum Gasteiger partial charge on any atom is -0.378 e. The topological polar surface area (TPSA) is 48.3 Å². The third-order valence-electron chi connectivity index (χ3n) is 4.08. The number of hydrogen-bond acceptors (Lipinski definition) is 5. The first kappa shape index (κ1) is 18.9. The SMILES string of the molecule is CN=C1S/C(=C/c2ccc(N(C)C)cc2)C(=O)N1/N=C\c1ccc(C)cc1. The number of aryl methyl sites for hydroxylation is 1. The number of nitrogens with zero attached hydrogens (tertiary/aromatic N) is 4. The summed E-state index contributed by atoms with van der Waals surface area (Å²) in [6.45, 7) is 2.03. The first-order valence-electron chi connectivity index (χ1n) is 8.57. The Morgan fingerprint density at radius 2 is 1.63 bits per heavy atom. The lowest BCUT2D eigenvalue weighted by Gasteiger charge is -2.11. The molecule has 0 saturated carbocycles. The fourth-order valence-corrected chi connectivity index (χ4v) is 3.38. The monoisotopic (exact) mass is 378 g/mol. The average molecular weight is 379 g/mol. The van der Waals surface area contributed by atoms with E-state index in [1.165, 1.54) is 22.3 Å². The van der Waals surface area contributed by atoms with E-state index in [4.69, 9.17) is 0 Å². The fraction of sp³-hybridized carbons (Fsp3) is 0.190. The highest BCUT2D eigenvalue weighted by Gasteiger charge is 2.33. The molecule has 1 fully saturated rings. The van der Waals surface area contributed by atoms with E-state index < -0.39 is 0 Å². The van der Waals surface area contributed by atoms with Crippen molar-refractivity contribution >= 4 is 40.8 Å². The van der Waals surface area contributed by atoms with Crippen molar-refractivity contribution in [2.75, 3.05) is 26.0 Å². The molecule has 1 aliphatic heterocycles. The largest absolute Gasteiger partial charge is 0.378 e. The molecule has 2 aromatic carbocycles. The maximum Gasteiger partial charge on any atom is 0.287 e. The lowest BCUT2D eigenvalue weighted by molar-refractivity contribution is -0.122. The molecule has 27 heavy (non-hydrogen) atoms. The van der Waals surface area contributed by atoms with Gasteiger partial charge in [-0.05, 0) is 48.0 Å². The molecule has 0 bridgehead atoms. The van der Waals surface area contributed by atoms with E-state index in [1.807, 2.05) is 80.5 Å². The summed E-state index contributed by atoms with van der Waals surface area (Å²) in [5.74, 6) is -0.166. The first-order valence-corrected chi connectivity index (χ1v) is 9.38. The predicted molar refractivity (Wildman–Crippen MR) is 115 cm³/mol. The molecular formula is C21H22N4OS. The van der Waals surface area contributed by atoms with Gasteiger partial charge in [-0.3, -0.25) is 9.79 Å². The van der Waals surface area contributed by atoms with Gasteiger partial charge in [0, 0.05) is 26.8 Å². The van der Waals surface area contributed by atoms with Crippen molar-refractivity contribution in [3.63, 3.8) is 0 Å². The Labute approximate surface area is 164 Å². The lowest BCUT2D eigenvalue weighted by Crippen LogP contribution is -2.23. The molecule has 0 unspecified atom stereocenters. The quantitative estimate of drug-likeness (QED) is 0.597. The van der Waals surface area contributed by atoms with E-state index in [-0.39, 0.29) is 5.91 Å². The number of aliphatic imine (C=N–C) groups is 1. The van der Waals surface area contributed by atoms with Crippen LogP contribution < -0.4 is 4.90 Å². The molecule has 138 valence electrons. The van der Waals surface area contributed by atoms with Crippen LogP contribution in [0.1, 0.15) is 16.7 Å². The fourth-order valence-electron chi connectivity index (χ4n) is 2.51. The number of amides is 1. The number of anilines is 1. The van der Waals surface area contributed by atoms with Crippen molar-refractivity contribution in [2.24, 2.45) is 10.1 Å². The molecule has 1 aliphatic rings. The summed E-state index contributed by atoms with van der Waals surface area (Å²) < 4.78 is 0. The Balaban J connectivity index is 1.81. The third kappa shape index (κ3) is 4.46. The summed E-state index contributed by atoms with van der Waals surface area (Å²) in [5.41, 5.74) is 4.20. The number of amidine groups is 1. The molecule has 0 radical (unpaired) electrons. The highest BCUT2D eigenvalue weighted by atomic mass is 32.2. The number of carbonyl (C=O) groups is 1. The summed E-state index contributed by atoms with van der Waals surface area (Å²) in [7, 11) is 5.66. The zero-order chi connectivity index (χ0) is 19.4. The van der Waals surface area contributed by atoms with Crippen molar-refractivity contribution in [2.45, 2.75) is 6.92 Å². The van der Waals surface area contributed by atoms with Crippen LogP contribution in [-0.2, 0) is 4.79 Å². The van der Waals surface area contributed by atoms with Crippen molar-refractivity contribution in [1.82, 2.24) is 5.01 Å². The molecule has 0 N–H and O–H groups in total. The molecule has 1 saturated heterocycles. The van der Waals surface area contributed by atoms with E-state index in [0.29, 0.717) is 10.1 Å². The van der Waals surface area contributed by atoms with Crippen molar-refractivity contribution in [1.29, 1.82) is 0 Å². The van der Waals surface area contributed by atoms with Crippen LogP contribution in [0.2, 0.25) is 0 Å². The van der Waals surface area contributed by atoms with Crippen molar-refractivity contribution in [3.05, 3.63) is 70.1 Å². The van der Waals surface area contributed by atoms with E-state index in [1.54, 1.807) is 13.3 Å². The van der Waals surface area contributed by atoms with Gasteiger partial charge in [0.05, 0.1) is 11.1 Å². The summed E-state index contributed by atoms with van der Waals surface area (Å²) in [5, 5.41) is 6.27. The molecule has 2 aromatic rings. The maximum absolute atomic E-state index is 12.8. The first-order chi connectivity index (χ1) is 13.0. The van der Waals surface area contributed by atoms with Crippen LogP contribution in [-0.4, -0.2) is 43.4 Å². The van der Waals surface area contributed by atoms with Crippen LogP contribution in [0.3, 0.4) is 0 Å². The second-order valence-electron chi connectivity index (χ2n) is 6.37. The normalized spacial score (nSPS) is 17.5. The molecule has 0 atom stereocenters. The zero-order valence-electron chi connectivity index (χ0n) is 15.9. The number of hydrogen-bond donors (Lipinski definition) is 0. The van der Waals surface area contributed by atoms with Crippen molar-refractivity contribution < 1.29 is 4.79 Å². The molecular weight excluding hydrogens is 356 g/mol. The molecule has 5 nitrogen and oxygen atoms in total. The van der Waals surface area contributed by atoms with Crippen molar-refractivity contribution in [3.8, 4) is 0 Å². The molecule has 0 aromatic heterocycles. The van der Waals surface area contributed by atoms with Gasteiger partial charge in [-0.15, -0.1) is 0 Å². The van der Waals surface area contributed by atoms with Crippen LogP contribution in [0, 0.1) is 6.92 Å². The summed E-state index contributed by atoms with van der Waals surface area (Å²) in [4.78, 5) is 19.6. The molecule has 0 aliphatic carbocycles. The van der Waals surface area contributed by atoms with E-state index in [2.05, 4.69) is 10.1 Å². The second-order valence-corrected chi connectivity index (χ2v) is 7.38. The molecule has 6 heteroatoms. The summed E-state index contributed by atoms with van der Waals surface area (Å²) in [6.07, 6.45) is 3.55. The highest BCUT2D eigenvalue weighted by molar-refractivity contribution is 8.18. The number of thioether (sulfide) groups is 1. The van der Waals surface area contributed by atoms with Gasteiger partial charge in [0.2, 0.25) is 0 Å². The number of hydrazone groups is 1. The Hall–Kier alpha value is -2.86. The van der Waals surface area contributed by atoms with Gasteiger partial charge in [0.25, 0.3) is 5.91 Å². The highest BCUT2D eigenvalue weighted by Crippen LogP contribution is 2.32. The maximum atomic E-state index is 12.8. The van der Waals surface area contributed by atoms with Gasteiger partial charge >= 0.3 is 0 Å².